The lowest BCUT2D eigenvalue weighted by Gasteiger charge is -2.40. The summed E-state index contributed by atoms with van der Waals surface area (Å²) in [6, 6.07) is 18.7. The molecule has 1 aliphatic heterocycles. The van der Waals surface area contributed by atoms with Crippen LogP contribution in [-0.2, 0) is 16.0 Å². The van der Waals surface area contributed by atoms with Gasteiger partial charge in [0.25, 0.3) is 0 Å². The number of rotatable bonds is 4. The molecular formula is C25H20N2O6. The molecule has 2 heterocycles. The summed E-state index contributed by atoms with van der Waals surface area (Å²) < 4.78 is 11.7. The van der Waals surface area contributed by atoms with E-state index < -0.39 is 35.1 Å². The predicted molar refractivity (Wildman–Crippen MR) is 114 cm³/mol. The molecule has 1 unspecified atom stereocenters. The lowest BCUT2D eigenvalue weighted by Crippen LogP contribution is -2.52. The Hall–Kier alpha value is -3.93. The molecular weight excluding hydrogens is 424 g/mol. The van der Waals surface area contributed by atoms with Crippen LogP contribution >= 0.6 is 0 Å². The molecule has 0 bridgehead atoms. The first-order valence-corrected chi connectivity index (χ1v) is 10.3. The van der Waals surface area contributed by atoms with Gasteiger partial charge >= 0.3 is 5.97 Å². The Kier molecular flexibility index (Phi) is 4.64. The Morgan fingerprint density at radius 1 is 1.18 bits per heavy atom. The van der Waals surface area contributed by atoms with Gasteiger partial charge in [-0.1, -0.05) is 42.5 Å². The first kappa shape index (κ1) is 20.9. The van der Waals surface area contributed by atoms with E-state index in [1.54, 1.807) is 60.7 Å². The standard InChI is InChI=1S/C25H20N2O6/c1-32-17-11-18-21(27-13-17)24(31)22(28)19(23(29)30)20(15-5-3-2-4-6-15)25(24,33-18)16-9-7-14(12-26)8-10-16/h2-11,13,19-20,22,28,31H,1H3,(H,29,30)/t19-,20-,22-,24?,25+/m1/s1. The van der Waals surface area contributed by atoms with Crippen LogP contribution < -0.4 is 9.47 Å². The molecule has 2 aliphatic rings. The Balaban J connectivity index is 1.85. The Morgan fingerprint density at radius 3 is 2.48 bits per heavy atom. The van der Waals surface area contributed by atoms with E-state index in [2.05, 4.69) is 4.98 Å². The minimum absolute atomic E-state index is 0.0323. The predicted octanol–water partition coefficient (Wildman–Crippen LogP) is 2.30. The molecule has 0 amide bonds. The van der Waals surface area contributed by atoms with Crippen LogP contribution in [0.2, 0.25) is 0 Å². The number of hydrogen-bond acceptors (Lipinski definition) is 7. The van der Waals surface area contributed by atoms with E-state index in [1.165, 1.54) is 13.3 Å². The molecule has 5 rings (SSSR count). The first-order valence-electron chi connectivity index (χ1n) is 10.3. The number of aromatic nitrogens is 1. The van der Waals surface area contributed by atoms with Crippen molar-refractivity contribution >= 4 is 5.97 Å². The average Bonchev–Trinajstić information content (AvgIpc) is 3.22. The summed E-state index contributed by atoms with van der Waals surface area (Å²) in [5.74, 6) is -3.09. The molecule has 3 aromatic rings. The number of nitrogens with zero attached hydrogens (tertiary/aromatic N) is 2. The van der Waals surface area contributed by atoms with Crippen molar-refractivity contribution in [3.8, 4) is 17.6 Å². The minimum Gasteiger partial charge on any atom is -0.495 e. The maximum absolute atomic E-state index is 12.4. The molecule has 1 saturated carbocycles. The second kappa shape index (κ2) is 7.30. The minimum atomic E-state index is -2.19. The molecule has 8 heteroatoms. The van der Waals surface area contributed by atoms with Gasteiger partial charge in [-0.05, 0) is 23.3 Å². The number of aliphatic hydroxyl groups excluding tert-OH is 1. The Labute approximate surface area is 189 Å². The number of benzene rings is 2. The van der Waals surface area contributed by atoms with Gasteiger partial charge in [0.2, 0.25) is 0 Å². The number of hydrogen-bond donors (Lipinski definition) is 3. The monoisotopic (exact) mass is 444 g/mol. The van der Waals surface area contributed by atoms with Gasteiger partial charge in [-0.2, -0.15) is 5.26 Å². The molecule has 0 radical (unpaired) electrons. The van der Waals surface area contributed by atoms with Crippen molar-refractivity contribution in [1.29, 1.82) is 5.26 Å². The van der Waals surface area contributed by atoms with Crippen molar-refractivity contribution < 1.29 is 29.6 Å². The third-order valence-corrected chi connectivity index (χ3v) is 6.71. The molecule has 1 fully saturated rings. The molecule has 5 atom stereocenters. The number of pyridine rings is 1. The summed E-state index contributed by atoms with van der Waals surface area (Å²) in [6.45, 7) is 0. The molecule has 33 heavy (non-hydrogen) atoms. The third-order valence-electron chi connectivity index (χ3n) is 6.71. The number of fused-ring (bicyclic) bond motifs is 3. The van der Waals surface area contributed by atoms with Crippen molar-refractivity contribution in [2.75, 3.05) is 7.11 Å². The van der Waals surface area contributed by atoms with E-state index in [9.17, 15) is 25.4 Å². The maximum Gasteiger partial charge on any atom is 0.310 e. The van der Waals surface area contributed by atoms with E-state index >= 15 is 0 Å². The second-order valence-corrected chi connectivity index (χ2v) is 8.21. The fraction of sp³-hybridized carbons (Fsp3) is 0.240. The smallest absolute Gasteiger partial charge is 0.310 e. The van der Waals surface area contributed by atoms with Gasteiger partial charge < -0.3 is 24.8 Å². The molecule has 0 spiro atoms. The number of aliphatic hydroxyl groups is 2. The highest BCUT2D eigenvalue weighted by Gasteiger charge is 2.78. The Morgan fingerprint density at radius 2 is 1.88 bits per heavy atom. The highest BCUT2D eigenvalue weighted by atomic mass is 16.5. The average molecular weight is 444 g/mol. The second-order valence-electron chi connectivity index (χ2n) is 8.21. The van der Waals surface area contributed by atoms with E-state index in [0.29, 0.717) is 22.4 Å². The van der Waals surface area contributed by atoms with Crippen molar-refractivity contribution in [3.05, 3.63) is 89.2 Å². The van der Waals surface area contributed by atoms with E-state index in [4.69, 9.17) is 9.47 Å². The maximum atomic E-state index is 12.4. The van der Waals surface area contributed by atoms with E-state index in [1.807, 2.05) is 6.07 Å². The lowest BCUT2D eigenvalue weighted by atomic mass is 9.71. The molecule has 3 N–H and O–H groups in total. The van der Waals surface area contributed by atoms with Gasteiger partial charge in [-0.25, -0.2) is 0 Å². The molecule has 2 aromatic carbocycles. The van der Waals surface area contributed by atoms with Gasteiger partial charge in [0.1, 0.15) is 23.3 Å². The third kappa shape index (κ3) is 2.64. The zero-order chi connectivity index (χ0) is 23.4. The van der Waals surface area contributed by atoms with Crippen molar-refractivity contribution in [3.63, 3.8) is 0 Å². The summed E-state index contributed by atoms with van der Waals surface area (Å²) in [5.41, 5.74) is -2.51. The van der Waals surface area contributed by atoms with Gasteiger partial charge in [0.05, 0.1) is 30.9 Å². The van der Waals surface area contributed by atoms with Crippen LogP contribution in [0, 0.1) is 17.2 Å². The highest BCUT2D eigenvalue weighted by Crippen LogP contribution is 2.68. The summed E-state index contributed by atoms with van der Waals surface area (Å²) in [4.78, 5) is 16.8. The van der Waals surface area contributed by atoms with Crippen LogP contribution in [0.4, 0.5) is 0 Å². The fourth-order valence-electron chi connectivity index (χ4n) is 5.32. The molecule has 8 nitrogen and oxygen atoms in total. The number of ether oxygens (including phenoxy) is 2. The number of nitriles is 1. The summed E-state index contributed by atoms with van der Waals surface area (Å²) in [5, 5.41) is 43.0. The van der Waals surface area contributed by atoms with Crippen molar-refractivity contribution in [1.82, 2.24) is 4.98 Å². The van der Waals surface area contributed by atoms with E-state index in [0.717, 1.165) is 0 Å². The number of carbonyl (C=O) groups is 1. The van der Waals surface area contributed by atoms with E-state index in [-0.39, 0.29) is 11.4 Å². The highest BCUT2D eigenvalue weighted by molar-refractivity contribution is 5.76. The fourth-order valence-corrected chi connectivity index (χ4v) is 5.32. The summed E-state index contributed by atoms with van der Waals surface area (Å²) in [6.07, 6.45) is -0.356. The lowest BCUT2D eigenvalue weighted by molar-refractivity contribution is -0.160. The largest absolute Gasteiger partial charge is 0.495 e. The summed E-state index contributed by atoms with van der Waals surface area (Å²) >= 11 is 0. The van der Waals surface area contributed by atoms with Crippen molar-refractivity contribution in [2.45, 2.75) is 23.2 Å². The van der Waals surface area contributed by atoms with Crippen LogP contribution in [-0.4, -0.2) is 39.5 Å². The molecule has 1 aromatic heterocycles. The van der Waals surface area contributed by atoms with Gasteiger partial charge in [-0.3, -0.25) is 9.78 Å². The zero-order valence-electron chi connectivity index (χ0n) is 17.5. The molecule has 1 aliphatic carbocycles. The normalized spacial score (nSPS) is 29.5. The molecule has 166 valence electrons. The van der Waals surface area contributed by atoms with Crippen LogP contribution in [0.1, 0.15) is 28.3 Å². The number of carboxylic acids is 1. The summed E-state index contributed by atoms with van der Waals surface area (Å²) in [7, 11) is 1.46. The van der Waals surface area contributed by atoms with Gasteiger partial charge in [-0.15, -0.1) is 0 Å². The number of aliphatic carboxylic acids is 1. The van der Waals surface area contributed by atoms with Crippen LogP contribution in [0.25, 0.3) is 0 Å². The quantitative estimate of drug-likeness (QED) is 0.558. The first-order chi connectivity index (χ1) is 15.9. The zero-order valence-corrected chi connectivity index (χ0v) is 17.5. The topological polar surface area (TPSA) is 133 Å². The van der Waals surface area contributed by atoms with Crippen molar-refractivity contribution in [2.24, 2.45) is 5.92 Å². The van der Waals surface area contributed by atoms with Crippen LogP contribution in [0.3, 0.4) is 0 Å². The number of carboxylic acid groups (broad SMARTS) is 1. The molecule has 0 saturated heterocycles. The SMILES string of the molecule is COc1cnc2c(c1)O[C@@]1(c3ccc(C#N)cc3)[C@H](c3ccccc3)[C@@H](C(=O)O)[C@@H](O)C21O. The van der Waals surface area contributed by atoms with Crippen LogP contribution in [0.5, 0.6) is 11.5 Å². The Bertz CT molecular complexity index is 1270. The van der Waals surface area contributed by atoms with Gasteiger partial charge in [0, 0.05) is 12.0 Å². The van der Waals surface area contributed by atoms with Gasteiger partial charge in [0.15, 0.2) is 11.2 Å². The van der Waals surface area contributed by atoms with Crippen LogP contribution in [0.15, 0.2) is 66.9 Å². The number of methoxy groups -OCH3 is 1.